The van der Waals surface area contributed by atoms with Gasteiger partial charge in [0.25, 0.3) is 5.91 Å². The molecule has 4 amide bonds. The predicted octanol–water partition coefficient (Wildman–Crippen LogP) is 2.82. The summed E-state index contributed by atoms with van der Waals surface area (Å²) in [6, 6.07) is 10.7. The first-order valence-corrected chi connectivity index (χ1v) is 9.08. The summed E-state index contributed by atoms with van der Waals surface area (Å²) in [6.07, 6.45) is 0.333. The van der Waals surface area contributed by atoms with Gasteiger partial charge in [-0.1, -0.05) is 19.1 Å². The molecule has 7 nitrogen and oxygen atoms in total. The van der Waals surface area contributed by atoms with E-state index in [1.807, 2.05) is 0 Å². The number of carbonyl (C=O) groups is 4. The maximum atomic E-state index is 13.2. The first kappa shape index (κ1) is 20.2. The number of anilines is 1. The molecule has 2 N–H and O–H groups in total. The summed E-state index contributed by atoms with van der Waals surface area (Å²) in [5, 5.41) is 5.25. The molecule has 2 aromatic carbocycles. The van der Waals surface area contributed by atoms with Gasteiger partial charge in [-0.2, -0.15) is 0 Å². The van der Waals surface area contributed by atoms with E-state index in [2.05, 4.69) is 10.6 Å². The lowest BCUT2D eigenvalue weighted by atomic mass is 9.92. The minimum Gasteiger partial charge on any atom is -0.326 e. The van der Waals surface area contributed by atoms with Gasteiger partial charge >= 0.3 is 6.03 Å². The van der Waals surface area contributed by atoms with Gasteiger partial charge in [0.2, 0.25) is 5.91 Å². The lowest BCUT2D eigenvalue weighted by Crippen LogP contribution is -2.41. The molecule has 1 aliphatic heterocycles. The number of hydrogen-bond donors (Lipinski definition) is 2. The summed E-state index contributed by atoms with van der Waals surface area (Å²) in [6.45, 7) is 2.81. The third kappa shape index (κ3) is 4.01. The third-order valence-electron chi connectivity index (χ3n) is 4.81. The molecule has 1 saturated heterocycles. The molecule has 0 aromatic heterocycles. The summed E-state index contributed by atoms with van der Waals surface area (Å²) in [5.41, 5.74) is -0.106. The Morgan fingerprint density at radius 2 is 1.69 bits per heavy atom. The second-order valence-electron chi connectivity index (χ2n) is 6.86. The molecule has 0 bridgehead atoms. The normalized spacial score (nSPS) is 18.5. The molecule has 1 heterocycles. The average Bonchev–Trinajstić information content (AvgIpc) is 2.92. The van der Waals surface area contributed by atoms with Crippen LogP contribution in [0.5, 0.6) is 0 Å². The number of hydrogen-bond acceptors (Lipinski definition) is 4. The van der Waals surface area contributed by atoms with Crippen molar-refractivity contribution in [1.82, 2.24) is 10.2 Å². The number of ketones is 1. The second kappa shape index (κ2) is 7.83. The molecule has 0 aliphatic carbocycles. The zero-order chi connectivity index (χ0) is 21.2. The van der Waals surface area contributed by atoms with Gasteiger partial charge in [-0.15, -0.1) is 0 Å². The van der Waals surface area contributed by atoms with E-state index < -0.39 is 35.6 Å². The molecule has 0 unspecified atom stereocenters. The van der Waals surface area contributed by atoms with Crippen molar-refractivity contribution in [2.45, 2.75) is 25.8 Å². The third-order valence-corrected chi connectivity index (χ3v) is 4.81. The molecule has 1 fully saturated rings. The highest BCUT2D eigenvalue weighted by Crippen LogP contribution is 2.29. The van der Waals surface area contributed by atoms with Crippen LogP contribution in [0.4, 0.5) is 14.9 Å². The topological polar surface area (TPSA) is 95.6 Å². The predicted molar refractivity (Wildman–Crippen MR) is 104 cm³/mol. The van der Waals surface area contributed by atoms with Crippen molar-refractivity contribution in [3.8, 4) is 0 Å². The molecular formula is C21H20FN3O4. The fourth-order valence-electron chi connectivity index (χ4n) is 3.04. The summed E-state index contributed by atoms with van der Waals surface area (Å²) in [5.74, 6) is -1.62. The summed E-state index contributed by atoms with van der Waals surface area (Å²) in [4.78, 5) is 50.0. The van der Waals surface area contributed by atoms with Gasteiger partial charge in [-0.3, -0.25) is 19.3 Å². The second-order valence-corrected chi connectivity index (χ2v) is 6.86. The first-order valence-electron chi connectivity index (χ1n) is 9.08. The van der Waals surface area contributed by atoms with E-state index in [1.54, 1.807) is 19.1 Å². The SMILES string of the molecule is CCC(=O)Nc1ccc(C(=O)CN2C(=O)N[C@](C)(c3ccc(F)cc3)C2=O)cc1. The van der Waals surface area contributed by atoms with E-state index in [0.29, 0.717) is 23.2 Å². The molecule has 8 heteroatoms. The number of nitrogens with one attached hydrogen (secondary N) is 2. The highest BCUT2D eigenvalue weighted by molar-refractivity contribution is 6.11. The minimum atomic E-state index is -1.38. The van der Waals surface area contributed by atoms with E-state index in [-0.39, 0.29) is 5.91 Å². The lowest BCUT2D eigenvalue weighted by molar-refractivity contribution is -0.130. The molecule has 1 atom stereocenters. The van der Waals surface area contributed by atoms with Crippen LogP contribution in [0.25, 0.3) is 0 Å². The van der Waals surface area contributed by atoms with Crippen molar-refractivity contribution >= 4 is 29.3 Å². The number of urea groups is 1. The van der Waals surface area contributed by atoms with Gasteiger partial charge in [0.15, 0.2) is 5.78 Å². The van der Waals surface area contributed by atoms with Crippen LogP contribution in [-0.4, -0.2) is 35.1 Å². The number of rotatable bonds is 6. The highest BCUT2D eigenvalue weighted by Gasteiger charge is 2.49. The van der Waals surface area contributed by atoms with Crippen molar-refractivity contribution in [2.75, 3.05) is 11.9 Å². The van der Waals surface area contributed by atoms with Crippen molar-refractivity contribution < 1.29 is 23.6 Å². The Balaban J connectivity index is 1.73. The van der Waals surface area contributed by atoms with E-state index in [1.165, 1.54) is 43.3 Å². The number of amides is 4. The van der Waals surface area contributed by atoms with Gasteiger partial charge in [0.1, 0.15) is 11.4 Å². The van der Waals surface area contributed by atoms with Gasteiger partial charge in [0, 0.05) is 17.7 Å². The maximum absolute atomic E-state index is 13.2. The maximum Gasteiger partial charge on any atom is 0.325 e. The van der Waals surface area contributed by atoms with E-state index >= 15 is 0 Å². The highest BCUT2D eigenvalue weighted by atomic mass is 19.1. The quantitative estimate of drug-likeness (QED) is 0.579. The summed E-state index contributed by atoms with van der Waals surface area (Å²) < 4.78 is 13.2. The van der Waals surface area contributed by atoms with Crippen LogP contribution in [0.3, 0.4) is 0 Å². The fraction of sp³-hybridized carbons (Fsp3) is 0.238. The number of Topliss-reactive ketones (excluding diaryl/α,β-unsaturated/α-hetero) is 1. The van der Waals surface area contributed by atoms with E-state index in [4.69, 9.17) is 0 Å². The average molecular weight is 397 g/mol. The van der Waals surface area contributed by atoms with Crippen LogP contribution < -0.4 is 10.6 Å². The van der Waals surface area contributed by atoms with Crippen LogP contribution in [0.15, 0.2) is 48.5 Å². The monoisotopic (exact) mass is 397 g/mol. The van der Waals surface area contributed by atoms with Crippen molar-refractivity contribution in [3.05, 3.63) is 65.5 Å². The van der Waals surface area contributed by atoms with Gasteiger partial charge < -0.3 is 10.6 Å². The molecule has 0 radical (unpaired) electrons. The Bertz CT molecular complexity index is 972. The van der Waals surface area contributed by atoms with Crippen LogP contribution in [0, 0.1) is 5.82 Å². The summed E-state index contributed by atoms with van der Waals surface area (Å²) >= 11 is 0. The first-order chi connectivity index (χ1) is 13.7. The Morgan fingerprint density at radius 3 is 2.28 bits per heavy atom. The standard InChI is InChI=1S/C21H20FN3O4/c1-3-18(27)23-16-10-4-13(5-11-16)17(26)12-25-19(28)21(2,24-20(25)29)14-6-8-15(22)9-7-14/h4-11H,3,12H2,1-2H3,(H,23,27)(H,24,29)/t21-/m1/s1. The van der Waals surface area contributed by atoms with Gasteiger partial charge in [-0.25, -0.2) is 9.18 Å². The van der Waals surface area contributed by atoms with Crippen molar-refractivity contribution in [3.63, 3.8) is 0 Å². The Morgan fingerprint density at radius 1 is 1.07 bits per heavy atom. The molecule has 0 saturated carbocycles. The van der Waals surface area contributed by atoms with Crippen LogP contribution in [0.2, 0.25) is 0 Å². The van der Waals surface area contributed by atoms with Crippen LogP contribution >= 0.6 is 0 Å². The summed E-state index contributed by atoms with van der Waals surface area (Å²) in [7, 11) is 0. The van der Waals surface area contributed by atoms with Crippen LogP contribution in [-0.2, 0) is 15.1 Å². The zero-order valence-electron chi connectivity index (χ0n) is 16.0. The molecule has 1 aliphatic rings. The zero-order valence-corrected chi connectivity index (χ0v) is 16.0. The Labute approximate surface area is 166 Å². The minimum absolute atomic E-state index is 0.150. The fourth-order valence-corrected chi connectivity index (χ4v) is 3.04. The van der Waals surface area contributed by atoms with Crippen molar-refractivity contribution in [2.24, 2.45) is 0 Å². The number of imide groups is 1. The molecule has 150 valence electrons. The Hall–Kier alpha value is -3.55. The number of benzene rings is 2. The molecule has 3 rings (SSSR count). The number of halogens is 1. The number of carbonyl (C=O) groups excluding carboxylic acids is 4. The Kier molecular flexibility index (Phi) is 5.45. The lowest BCUT2D eigenvalue weighted by Gasteiger charge is -2.22. The van der Waals surface area contributed by atoms with Crippen LogP contribution in [0.1, 0.15) is 36.2 Å². The smallest absolute Gasteiger partial charge is 0.325 e. The van der Waals surface area contributed by atoms with Crippen molar-refractivity contribution in [1.29, 1.82) is 0 Å². The van der Waals surface area contributed by atoms with Gasteiger partial charge in [-0.05, 0) is 48.9 Å². The number of nitrogens with zero attached hydrogens (tertiary/aromatic N) is 1. The molecular weight excluding hydrogens is 377 g/mol. The molecule has 0 spiro atoms. The van der Waals surface area contributed by atoms with E-state index in [9.17, 15) is 23.6 Å². The van der Waals surface area contributed by atoms with E-state index in [0.717, 1.165) is 4.90 Å². The molecule has 29 heavy (non-hydrogen) atoms. The van der Waals surface area contributed by atoms with Gasteiger partial charge in [0.05, 0.1) is 6.54 Å². The molecule has 2 aromatic rings. The largest absolute Gasteiger partial charge is 0.326 e.